The van der Waals surface area contributed by atoms with Crippen molar-refractivity contribution in [2.75, 3.05) is 26.2 Å². The molecular formula is C26H42N6O7. The molecule has 39 heavy (non-hydrogen) atoms. The van der Waals surface area contributed by atoms with E-state index in [4.69, 9.17) is 18.7 Å². The Morgan fingerprint density at radius 3 is 2.36 bits per heavy atom. The van der Waals surface area contributed by atoms with Crippen molar-refractivity contribution in [2.24, 2.45) is 0 Å². The molecule has 13 nitrogen and oxygen atoms in total. The third kappa shape index (κ3) is 6.92. The van der Waals surface area contributed by atoms with Crippen molar-refractivity contribution in [3.8, 4) is 0 Å². The number of rotatable bonds is 8. The lowest BCUT2D eigenvalue weighted by Gasteiger charge is -2.44. The Labute approximate surface area is 229 Å². The molecular weight excluding hydrogens is 508 g/mol. The van der Waals surface area contributed by atoms with Crippen LogP contribution in [0.15, 0.2) is 4.42 Å². The minimum absolute atomic E-state index is 0.0159. The Bertz CT molecular complexity index is 1040. The number of fused-ring (bicyclic) bond motifs is 2. The number of ether oxygens (including phenoxy) is 2. The molecule has 0 N–H and O–H groups in total. The Kier molecular flexibility index (Phi) is 8.29. The predicted octanol–water partition coefficient (Wildman–Crippen LogP) is 4.10. The van der Waals surface area contributed by atoms with Crippen molar-refractivity contribution in [1.29, 1.82) is 0 Å². The van der Waals surface area contributed by atoms with E-state index in [2.05, 4.69) is 17.1 Å². The quantitative estimate of drug-likeness (QED) is 0.439. The molecule has 0 aliphatic carbocycles. The molecule has 3 saturated heterocycles. The monoisotopic (exact) mass is 550 g/mol. The fourth-order valence-corrected chi connectivity index (χ4v) is 4.76. The lowest BCUT2D eigenvalue weighted by molar-refractivity contribution is -0.130. The van der Waals surface area contributed by atoms with Crippen LogP contribution in [0.2, 0.25) is 0 Å². The van der Waals surface area contributed by atoms with Crippen molar-refractivity contribution in [2.45, 2.75) is 110 Å². The van der Waals surface area contributed by atoms with Crippen LogP contribution in [-0.4, -0.2) is 97.7 Å². The van der Waals surface area contributed by atoms with Crippen LogP contribution in [0.1, 0.15) is 92.0 Å². The van der Waals surface area contributed by atoms with Gasteiger partial charge in [-0.25, -0.2) is 14.4 Å². The second-order valence-electron chi connectivity index (χ2n) is 12.4. The van der Waals surface area contributed by atoms with Crippen LogP contribution in [0.3, 0.4) is 0 Å². The minimum Gasteiger partial charge on any atom is -0.444 e. The third-order valence-electron chi connectivity index (χ3n) is 6.71. The van der Waals surface area contributed by atoms with Crippen LogP contribution >= 0.6 is 0 Å². The molecule has 1 aromatic heterocycles. The third-order valence-corrected chi connectivity index (χ3v) is 6.71. The van der Waals surface area contributed by atoms with Crippen LogP contribution in [-0.2, 0) is 20.9 Å². The average molecular weight is 551 g/mol. The van der Waals surface area contributed by atoms with E-state index in [1.165, 1.54) is 14.9 Å². The molecule has 0 saturated carbocycles. The molecule has 218 valence electrons. The number of aromatic nitrogens is 2. The number of hydrogen-bond acceptors (Lipinski definition) is 9. The molecule has 3 aliphatic rings. The first-order valence-corrected chi connectivity index (χ1v) is 13.8. The van der Waals surface area contributed by atoms with Gasteiger partial charge in [-0.15, -0.1) is 10.2 Å². The maximum absolute atomic E-state index is 13.1. The highest BCUT2D eigenvalue weighted by Crippen LogP contribution is 2.38. The maximum atomic E-state index is 13.1. The van der Waals surface area contributed by atoms with Crippen LogP contribution < -0.4 is 0 Å². The summed E-state index contributed by atoms with van der Waals surface area (Å²) in [6.45, 7) is 14.5. The van der Waals surface area contributed by atoms with E-state index >= 15 is 0 Å². The van der Waals surface area contributed by atoms with Gasteiger partial charge in [-0.2, -0.15) is 5.06 Å². The lowest BCUT2D eigenvalue weighted by Crippen LogP contribution is -2.63. The molecule has 0 radical (unpaired) electrons. The van der Waals surface area contributed by atoms with Crippen molar-refractivity contribution < 1.29 is 33.1 Å². The summed E-state index contributed by atoms with van der Waals surface area (Å²) in [4.78, 5) is 49.0. The van der Waals surface area contributed by atoms with Gasteiger partial charge in [0.25, 0.3) is 0 Å². The number of hydroxylamine groups is 2. The van der Waals surface area contributed by atoms with Gasteiger partial charge >= 0.3 is 18.2 Å². The van der Waals surface area contributed by atoms with Gasteiger partial charge in [-0.05, 0) is 60.8 Å². The van der Waals surface area contributed by atoms with Gasteiger partial charge in [-0.3, -0.25) is 9.74 Å². The maximum Gasteiger partial charge on any atom is 0.411 e. The molecule has 3 fully saturated rings. The Balaban J connectivity index is 1.42. The number of likely N-dealkylation sites (tertiary alicyclic amines) is 1. The van der Waals surface area contributed by atoms with Crippen molar-refractivity contribution >= 4 is 18.2 Å². The van der Waals surface area contributed by atoms with Crippen LogP contribution in [0.4, 0.5) is 14.4 Å². The Hall–Kier alpha value is -3.09. The van der Waals surface area contributed by atoms with E-state index in [0.29, 0.717) is 38.6 Å². The second-order valence-corrected chi connectivity index (χ2v) is 12.4. The fourth-order valence-electron chi connectivity index (χ4n) is 4.76. The number of urea groups is 1. The number of nitrogens with zero attached hydrogens (tertiary/aromatic N) is 6. The van der Waals surface area contributed by atoms with Crippen molar-refractivity contribution in [3.05, 3.63) is 11.8 Å². The topological polar surface area (TPSA) is 131 Å². The zero-order valence-corrected chi connectivity index (χ0v) is 24.1. The van der Waals surface area contributed by atoms with E-state index in [1.807, 2.05) is 20.8 Å². The number of unbranched alkanes of at least 4 members (excludes halogenated alkanes) is 1. The number of carbonyl (C=O) groups is 3. The van der Waals surface area contributed by atoms with Gasteiger partial charge in [0, 0.05) is 19.6 Å². The van der Waals surface area contributed by atoms with E-state index in [1.54, 1.807) is 25.7 Å². The highest BCUT2D eigenvalue weighted by Gasteiger charge is 2.48. The number of hydrogen-bond donors (Lipinski definition) is 0. The molecule has 0 aromatic carbocycles. The van der Waals surface area contributed by atoms with Gasteiger partial charge in [0.2, 0.25) is 11.8 Å². The summed E-state index contributed by atoms with van der Waals surface area (Å²) in [5.41, 5.74) is -1.31. The largest absolute Gasteiger partial charge is 0.444 e. The Morgan fingerprint density at radius 2 is 1.72 bits per heavy atom. The number of amides is 4. The average Bonchev–Trinajstić information content (AvgIpc) is 3.34. The van der Waals surface area contributed by atoms with E-state index in [0.717, 1.165) is 19.3 Å². The van der Waals surface area contributed by atoms with Crippen LogP contribution in [0.25, 0.3) is 0 Å². The lowest BCUT2D eigenvalue weighted by atomic mass is 10.0. The predicted molar refractivity (Wildman–Crippen MR) is 138 cm³/mol. The zero-order chi connectivity index (χ0) is 28.5. The van der Waals surface area contributed by atoms with Gasteiger partial charge < -0.3 is 23.7 Å². The standard InChI is InChI=1S/C26H42N6O7/c1-8-9-12-36-32-17-10-11-19(31(15-17)22(32)33)21-28-27-20(37-21)16-30(24(35)39-26(5,6)7)18-13-29(14-18)23(34)38-25(2,3)4/h17-19H,8-16H2,1-7H3/t17-,19+/m1/s1. The normalized spacial score (nSPS) is 21.7. The summed E-state index contributed by atoms with van der Waals surface area (Å²) in [5.74, 6) is 0.566. The molecule has 2 bridgehead atoms. The summed E-state index contributed by atoms with van der Waals surface area (Å²) < 4.78 is 17.1. The number of piperidine rings is 1. The van der Waals surface area contributed by atoms with Gasteiger partial charge in [0.05, 0.1) is 18.7 Å². The summed E-state index contributed by atoms with van der Waals surface area (Å²) in [6.07, 6.45) is 2.35. The molecule has 4 heterocycles. The first kappa shape index (κ1) is 28.9. The molecule has 4 rings (SSSR count). The van der Waals surface area contributed by atoms with Crippen molar-refractivity contribution in [3.63, 3.8) is 0 Å². The van der Waals surface area contributed by atoms with Gasteiger partial charge in [-0.1, -0.05) is 13.3 Å². The van der Waals surface area contributed by atoms with Crippen LogP contribution in [0, 0.1) is 0 Å². The van der Waals surface area contributed by atoms with E-state index in [-0.39, 0.29) is 36.6 Å². The molecule has 0 unspecified atom stereocenters. The first-order chi connectivity index (χ1) is 18.3. The zero-order valence-electron chi connectivity index (χ0n) is 24.1. The highest BCUT2D eigenvalue weighted by molar-refractivity contribution is 5.77. The molecule has 13 heteroatoms. The van der Waals surface area contributed by atoms with Crippen LogP contribution in [0.5, 0.6) is 0 Å². The Morgan fingerprint density at radius 1 is 1.03 bits per heavy atom. The fraction of sp³-hybridized carbons (Fsp3) is 0.808. The minimum atomic E-state index is -0.705. The molecule has 4 amide bonds. The molecule has 0 spiro atoms. The number of carbonyl (C=O) groups excluding carboxylic acids is 3. The van der Waals surface area contributed by atoms with E-state index < -0.39 is 23.4 Å². The van der Waals surface area contributed by atoms with Gasteiger partial charge in [0.15, 0.2) is 0 Å². The van der Waals surface area contributed by atoms with Crippen molar-refractivity contribution in [1.82, 2.24) is 30.0 Å². The summed E-state index contributed by atoms with van der Waals surface area (Å²) in [6, 6.07) is -0.823. The van der Waals surface area contributed by atoms with Gasteiger partial charge in [0.1, 0.15) is 23.8 Å². The highest BCUT2D eigenvalue weighted by atomic mass is 16.7. The smallest absolute Gasteiger partial charge is 0.411 e. The first-order valence-electron chi connectivity index (χ1n) is 13.8. The SMILES string of the molecule is CCCCON1C(=O)N2C[C@H]1CC[C@H]2c1nnc(CN(C(=O)OC(C)(C)C)C2CN(C(=O)OC(C)(C)C)C2)o1. The molecule has 3 aliphatic heterocycles. The molecule has 1 aromatic rings. The second kappa shape index (κ2) is 11.2. The van der Waals surface area contributed by atoms with E-state index in [9.17, 15) is 14.4 Å². The summed E-state index contributed by atoms with van der Waals surface area (Å²) >= 11 is 0. The summed E-state index contributed by atoms with van der Waals surface area (Å²) in [5, 5.41) is 9.91. The summed E-state index contributed by atoms with van der Waals surface area (Å²) in [7, 11) is 0. The molecule has 2 atom stereocenters.